The van der Waals surface area contributed by atoms with Crippen LogP contribution < -0.4 is 15.1 Å². The number of hydrogen-bond donors (Lipinski definition) is 3. The number of amides is 1. The average Bonchev–Trinajstić information content (AvgIpc) is 3.32. The summed E-state index contributed by atoms with van der Waals surface area (Å²) in [5.41, 5.74) is 1.30. The summed E-state index contributed by atoms with van der Waals surface area (Å²) in [7, 11) is 0. The van der Waals surface area contributed by atoms with E-state index < -0.39 is 0 Å². The largest absolute Gasteiger partial charge is 0.462 e. The number of piperazine rings is 1. The number of hydrogen-bond acceptors (Lipinski definition) is 5. The van der Waals surface area contributed by atoms with Gasteiger partial charge in [-0.15, -0.1) is 22.7 Å². The van der Waals surface area contributed by atoms with E-state index >= 15 is 0 Å². The maximum atomic E-state index is 12.6. The van der Waals surface area contributed by atoms with Gasteiger partial charge in [-0.2, -0.15) is 0 Å². The number of esters is 1. The third-order valence-corrected chi connectivity index (χ3v) is 6.68. The quantitative estimate of drug-likeness (QED) is 0.580. The molecule has 0 saturated carbocycles. The minimum atomic E-state index is -0.384. The Hall–Kier alpha value is -1.74. The molecule has 0 spiro atoms. The summed E-state index contributed by atoms with van der Waals surface area (Å²) in [5, 5.41) is 7.44. The van der Waals surface area contributed by atoms with Crippen molar-refractivity contribution in [1.29, 1.82) is 0 Å². The van der Waals surface area contributed by atoms with Gasteiger partial charge in [0.15, 0.2) is 6.54 Å². The van der Waals surface area contributed by atoms with E-state index in [0.29, 0.717) is 23.7 Å². The summed E-state index contributed by atoms with van der Waals surface area (Å²) in [6.07, 6.45) is 0. The Labute approximate surface area is 167 Å². The molecule has 6 nitrogen and oxygen atoms in total. The number of likely N-dealkylation sites (N-methyl/N-ethyl adjacent to an activating group) is 1. The lowest BCUT2D eigenvalue weighted by Crippen LogP contribution is -3.28. The summed E-state index contributed by atoms with van der Waals surface area (Å²) in [4.78, 5) is 29.0. The third kappa shape index (κ3) is 4.95. The average molecular weight is 410 g/mol. The topological polar surface area (TPSA) is 64.3 Å². The Bertz CT molecular complexity index is 765. The van der Waals surface area contributed by atoms with Crippen LogP contribution in [0.3, 0.4) is 0 Å². The number of thiophene rings is 2. The normalized spacial score (nSPS) is 19.6. The molecule has 8 heteroatoms. The smallest absolute Gasteiger partial charge is 0.341 e. The molecule has 1 fully saturated rings. The van der Waals surface area contributed by atoms with Gasteiger partial charge in [-0.05, 0) is 25.3 Å². The molecule has 0 atom stereocenters. The molecular formula is C19H27N3O3S2+2. The fourth-order valence-corrected chi connectivity index (χ4v) is 5.14. The molecular weight excluding hydrogens is 382 g/mol. The van der Waals surface area contributed by atoms with Gasteiger partial charge in [0.25, 0.3) is 5.91 Å². The molecule has 3 N–H and O–H groups in total. The molecule has 0 aromatic carbocycles. The maximum absolute atomic E-state index is 12.6. The SMILES string of the molecule is CCOC(=O)c1c(-c2cccs2)csc1NC(=O)C[NH+]1CC[NH+](CC)CC1. The Balaban J connectivity index is 1.70. The van der Waals surface area contributed by atoms with Crippen molar-refractivity contribution in [3.05, 3.63) is 28.5 Å². The highest BCUT2D eigenvalue weighted by molar-refractivity contribution is 7.17. The van der Waals surface area contributed by atoms with Crippen LogP contribution >= 0.6 is 22.7 Å². The second-order valence-corrected chi connectivity index (χ2v) is 8.46. The van der Waals surface area contributed by atoms with Crippen LogP contribution in [0.2, 0.25) is 0 Å². The lowest BCUT2D eigenvalue weighted by molar-refractivity contribution is -1.01. The van der Waals surface area contributed by atoms with Gasteiger partial charge in [0.2, 0.25) is 0 Å². The van der Waals surface area contributed by atoms with Crippen molar-refractivity contribution in [2.24, 2.45) is 0 Å². The fraction of sp³-hybridized carbons (Fsp3) is 0.474. The molecule has 1 aliphatic heterocycles. The van der Waals surface area contributed by atoms with Crippen LogP contribution in [0.1, 0.15) is 24.2 Å². The van der Waals surface area contributed by atoms with E-state index in [1.807, 2.05) is 22.9 Å². The summed E-state index contributed by atoms with van der Waals surface area (Å²) in [6, 6.07) is 3.92. The summed E-state index contributed by atoms with van der Waals surface area (Å²) >= 11 is 2.95. The second-order valence-electron chi connectivity index (χ2n) is 6.63. The first-order chi connectivity index (χ1) is 13.1. The van der Waals surface area contributed by atoms with Gasteiger partial charge in [-0.1, -0.05) is 6.07 Å². The molecule has 3 heterocycles. The number of nitrogens with one attached hydrogen (secondary N) is 3. The first-order valence-electron chi connectivity index (χ1n) is 9.41. The van der Waals surface area contributed by atoms with E-state index in [1.165, 1.54) is 16.2 Å². The number of carbonyl (C=O) groups is 2. The van der Waals surface area contributed by atoms with E-state index in [0.717, 1.165) is 43.2 Å². The van der Waals surface area contributed by atoms with Crippen molar-refractivity contribution in [3.8, 4) is 10.4 Å². The first kappa shape index (κ1) is 20.0. The molecule has 0 aliphatic carbocycles. The molecule has 2 aromatic heterocycles. The second kappa shape index (κ2) is 9.45. The number of anilines is 1. The number of rotatable bonds is 7. The van der Waals surface area contributed by atoms with E-state index in [-0.39, 0.29) is 11.9 Å². The highest BCUT2D eigenvalue weighted by Crippen LogP contribution is 2.38. The molecule has 0 unspecified atom stereocenters. The summed E-state index contributed by atoms with van der Waals surface area (Å²) < 4.78 is 5.23. The summed E-state index contributed by atoms with van der Waals surface area (Å²) in [5.74, 6) is -0.431. The summed E-state index contributed by atoms with van der Waals surface area (Å²) in [6.45, 7) is 10.1. The fourth-order valence-electron chi connectivity index (χ4n) is 3.35. The molecule has 3 rings (SSSR count). The van der Waals surface area contributed by atoms with Crippen molar-refractivity contribution < 1.29 is 24.1 Å². The van der Waals surface area contributed by atoms with Gasteiger partial charge in [0.1, 0.15) is 36.7 Å². The van der Waals surface area contributed by atoms with E-state index in [9.17, 15) is 9.59 Å². The van der Waals surface area contributed by atoms with Gasteiger partial charge < -0.3 is 19.9 Å². The highest BCUT2D eigenvalue weighted by Gasteiger charge is 2.26. The van der Waals surface area contributed by atoms with Gasteiger partial charge in [-0.3, -0.25) is 4.79 Å². The van der Waals surface area contributed by atoms with Crippen LogP contribution in [0.4, 0.5) is 5.00 Å². The Morgan fingerprint density at radius 2 is 1.89 bits per heavy atom. The number of ether oxygens (including phenoxy) is 1. The van der Waals surface area contributed by atoms with Crippen LogP contribution in [-0.2, 0) is 9.53 Å². The maximum Gasteiger partial charge on any atom is 0.341 e. The lowest BCUT2D eigenvalue weighted by atomic mass is 10.1. The molecule has 27 heavy (non-hydrogen) atoms. The minimum Gasteiger partial charge on any atom is -0.462 e. The Morgan fingerprint density at radius 3 is 2.52 bits per heavy atom. The Kier molecular flexibility index (Phi) is 7.01. The minimum absolute atomic E-state index is 0.0462. The predicted molar refractivity (Wildman–Crippen MR) is 109 cm³/mol. The monoisotopic (exact) mass is 409 g/mol. The molecule has 0 bridgehead atoms. The van der Waals surface area contributed by atoms with E-state index in [4.69, 9.17) is 4.74 Å². The van der Waals surface area contributed by atoms with Gasteiger partial charge in [-0.25, -0.2) is 4.79 Å². The molecule has 1 saturated heterocycles. The number of quaternary nitrogens is 2. The standard InChI is InChI=1S/C19H25N3O3S2/c1-3-21-7-9-22(10-8-21)12-16(23)20-18-17(19(24)25-4-2)14(13-27-18)15-6-5-11-26-15/h5-6,11,13H,3-4,7-10,12H2,1-2H3,(H,20,23)/p+2. The lowest BCUT2D eigenvalue weighted by Gasteiger charge is -2.28. The van der Waals surface area contributed by atoms with Crippen molar-refractivity contribution in [2.45, 2.75) is 13.8 Å². The Morgan fingerprint density at radius 1 is 1.15 bits per heavy atom. The molecule has 2 aromatic rings. The van der Waals surface area contributed by atoms with Gasteiger partial charge in [0, 0.05) is 15.8 Å². The van der Waals surface area contributed by atoms with Crippen LogP contribution in [0.5, 0.6) is 0 Å². The van der Waals surface area contributed by atoms with Crippen LogP contribution in [0.15, 0.2) is 22.9 Å². The molecule has 146 valence electrons. The van der Waals surface area contributed by atoms with Gasteiger partial charge in [0.05, 0.1) is 13.2 Å². The molecule has 0 radical (unpaired) electrons. The van der Waals surface area contributed by atoms with Crippen LogP contribution in [-0.4, -0.2) is 57.8 Å². The first-order valence-corrected chi connectivity index (χ1v) is 11.2. The van der Waals surface area contributed by atoms with Gasteiger partial charge >= 0.3 is 5.97 Å². The van der Waals surface area contributed by atoms with Crippen molar-refractivity contribution >= 4 is 39.6 Å². The van der Waals surface area contributed by atoms with Crippen molar-refractivity contribution in [1.82, 2.24) is 0 Å². The van der Waals surface area contributed by atoms with Crippen LogP contribution in [0.25, 0.3) is 10.4 Å². The van der Waals surface area contributed by atoms with Crippen molar-refractivity contribution in [3.63, 3.8) is 0 Å². The molecule has 1 amide bonds. The zero-order chi connectivity index (χ0) is 19.2. The predicted octanol–water partition coefficient (Wildman–Crippen LogP) is 0.395. The molecule has 1 aliphatic rings. The van der Waals surface area contributed by atoms with Crippen molar-refractivity contribution in [2.75, 3.05) is 51.2 Å². The third-order valence-electron chi connectivity index (χ3n) is 4.88. The number of carbonyl (C=O) groups excluding carboxylic acids is 2. The van der Waals surface area contributed by atoms with Crippen LogP contribution in [0, 0.1) is 0 Å². The highest BCUT2D eigenvalue weighted by atomic mass is 32.1. The van der Waals surface area contributed by atoms with E-state index in [2.05, 4.69) is 12.2 Å². The zero-order valence-corrected chi connectivity index (χ0v) is 17.4. The van der Waals surface area contributed by atoms with E-state index in [1.54, 1.807) is 23.2 Å². The zero-order valence-electron chi connectivity index (χ0n) is 15.8.